The van der Waals surface area contributed by atoms with E-state index in [-0.39, 0.29) is 32.0 Å². The number of fused-ring (bicyclic) bond motifs is 3. The third kappa shape index (κ3) is 5.62. The Labute approximate surface area is 208 Å². The van der Waals surface area contributed by atoms with Crippen molar-refractivity contribution in [3.05, 3.63) is 59.7 Å². The summed E-state index contributed by atoms with van der Waals surface area (Å²) in [6.45, 7) is 0.185. The highest BCUT2D eigenvalue weighted by Crippen LogP contribution is 2.44. The molecular formula is C26H30N2O6S. The molecule has 186 valence electrons. The van der Waals surface area contributed by atoms with Gasteiger partial charge in [-0.25, -0.2) is 4.79 Å². The molecule has 8 nitrogen and oxygen atoms in total. The van der Waals surface area contributed by atoms with E-state index in [1.807, 2.05) is 42.7 Å². The maximum absolute atomic E-state index is 13.2. The summed E-state index contributed by atoms with van der Waals surface area (Å²) >= 11 is 1.54. The summed E-state index contributed by atoms with van der Waals surface area (Å²) in [4.78, 5) is 38.7. The second kappa shape index (κ2) is 11.1. The number of hydrogen-bond acceptors (Lipinski definition) is 6. The number of carbonyl (C=O) groups excluding carboxylic acids is 2. The molecule has 2 amide bonds. The van der Waals surface area contributed by atoms with E-state index in [1.54, 1.807) is 0 Å². The third-order valence-electron chi connectivity index (χ3n) is 6.63. The van der Waals surface area contributed by atoms with Crippen LogP contribution in [0.15, 0.2) is 48.5 Å². The minimum absolute atomic E-state index is 0.00731. The van der Waals surface area contributed by atoms with E-state index in [4.69, 9.17) is 4.74 Å². The van der Waals surface area contributed by atoms with E-state index in [0.717, 1.165) is 22.3 Å². The molecule has 3 atom stereocenters. The molecule has 3 N–H and O–H groups in total. The molecule has 1 heterocycles. The Hall–Kier alpha value is -3.04. The number of nitrogens with zero attached hydrogens (tertiary/aromatic N) is 1. The van der Waals surface area contributed by atoms with Crippen LogP contribution < -0.4 is 5.32 Å². The third-order valence-corrected chi connectivity index (χ3v) is 7.28. The molecule has 0 spiro atoms. The zero-order valence-electron chi connectivity index (χ0n) is 19.6. The lowest BCUT2D eigenvalue weighted by Gasteiger charge is -2.36. The number of carboxylic acids is 1. The highest BCUT2D eigenvalue weighted by atomic mass is 32.2. The lowest BCUT2D eigenvalue weighted by molar-refractivity contribution is -0.149. The molecule has 1 aliphatic heterocycles. The van der Waals surface area contributed by atoms with Crippen LogP contribution >= 0.6 is 11.8 Å². The fourth-order valence-electron chi connectivity index (χ4n) is 4.93. The first-order chi connectivity index (χ1) is 16.9. The number of piperidine rings is 1. The Morgan fingerprint density at radius 2 is 1.71 bits per heavy atom. The van der Waals surface area contributed by atoms with Crippen molar-refractivity contribution in [3.63, 3.8) is 0 Å². The van der Waals surface area contributed by atoms with Crippen LogP contribution in [0.1, 0.15) is 29.9 Å². The molecule has 2 aromatic carbocycles. The number of aliphatic hydroxyl groups excluding tert-OH is 1. The highest BCUT2D eigenvalue weighted by Gasteiger charge is 2.36. The van der Waals surface area contributed by atoms with Crippen LogP contribution in [-0.4, -0.2) is 76.9 Å². The summed E-state index contributed by atoms with van der Waals surface area (Å²) < 4.78 is 5.60. The van der Waals surface area contributed by atoms with Gasteiger partial charge in [0, 0.05) is 19.0 Å². The average Bonchev–Trinajstić information content (AvgIpc) is 3.18. The molecule has 2 aliphatic rings. The number of aliphatic hydroxyl groups is 1. The summed E-state index contributed by atoms with van der Waals surface area (Å²) in [7, 11) is 0. The molecule has 2 aromatic rings. The number of rotatable bonds is 8. The van der Waals surface area contributed by atoms with Gasteiger partial charge in [0.2, 0.25) is 5.91 Å². The Bertz CT molecular complexity index is 1050. The van der Waals surface area contributed by atoms with Gasteiger partial charge in [0.15, 0.2) is 0 Å². The first-order valence-electron chi connectivity index (χ1n) is 11.7. The predicted molar refractivity (Wildman–Crippen MR) is 133 cm³/mol. The summed E-state index contributed by atoms with van der Waals surface area (Å²) in [6, 6.07) is 15.2. The van der Waals surface area contributed by atoms with E-state index in [2.05, 4.69) is 17.4 Å². The Kier molecular flexibility index (Phi) is 7.97. The number of carbonyl (C=O) groups is 3. The maximum Gasteiger partial charge on any atom is 0.407 e. The van der Waals surface area contributed by atoms with Crippen molar-refractivity contribution < 1.29 is 29.3 Å². The molecule has 35 heavy (non-hydrogen) atoms. The van der Waals surface area contributed by atoms with Crippen LogP contribution in [0.5, 0.6) is 0 Å². The first-order valence-corrected chi connectivity index (χ1v) is 13.1. The van der Waals surface area contributed by atoms with Crippen LogP contribution in [0.3, 0.4) is 0 Å². The molecule has 1 saturated heterocycles. The van der Waals surface area contributed by atoms with E-state index < -0.39 is 36.0 Å². The monoisotopic (exact) mass is 498 g/mol. The van der Waals surface area contributed by atoms with E-state index in [0.29, 0.717) is 12.2 Å². The van der Waals surface area contributed by atoms with Crippen molar-refractivity contribution in [2.24, 2.45) is 5.92 Å². The molecule has 0 bridgehead atoms. The summed E-state index contributed by atoms with van der Waals surface area (Å²) in [5, 5.41) is 22.1. The van der Waals surface area contributed by atoms with Gasteiger partial charge in [-0.2, -0.15) is 11.8 Å². The van der Waals surface area contributed by atoms with Gasteiger partial charge in [0.25, 0.3) is 0 Å². The second-order valence-corrected chi connectivity index (χ2v) is 9.96. The van der Waals surface area contributed by atoms with Gasteiger partial charge in [-0.05, 0) is 47.1 Å². The number of benzene rings is 2. The first kappa shape index (κ1) is 25.1. The number of ether oxygens (including phenoxy) is 1. The zero-order chi connectivity index (χ0) is 24.9. The van der Waals surface area contributed by atoms with E-state index in [1.165, 1.54) is 16.7 Å². The van der Waals surface area contributed by atoms with E-state index in [9.17, 15) is 24.6 Å². The highest BCUT2D eigenvalue weighted by molar-refractivity contribution is 7.98. The SMILES string of the molecule is CSCC[C@H](NC(=O)OCC1c2ccccc2-c2ccccc21)C(=O)N1CC(O)CC(C(=O)O)C1. The van der Waals surface area contributed by atoms with Crippen molar-refractivity contribution >= 4 is 29.7 Å². The van der Waals surface area contributed by atoms with Gasteiger partial charge in [0.1, 0.15) is 12.6 Å². The lowest BCUT2D eigenvalue weighted by Crippen LogP contribution is -2.55. The molecule has 0 aromatic heterocycles. The largest absolute Gasteiger partial charge is 0.481 e. The number of likely N-dealkylation sites (tertiary alicyclic amines) is 1. The average molecular weight is 499 g/mol. The minimum Gasteiger partial charge on any atom is -0.481 e. The molecule has 1 aliphatic carbocycles. The molecule has 2 unspecified atom stereocenters. The van der Waals surface area contributed by atoms with Gasteiger partial charge in [0.05, 0.1) is 12.0 Å². The second-order valence-electron chi connectivity index (χ2n) is 8.97. The summed E-state index contributed by atoms with van der Waals surface area (Å²) in [5.74, 6) is -1.76. The van der Waals surface area contributed by atoms with Gasteiger partial charge < -0.3 is 25.2 Å². The number of hydrogen-bond donors (Lipinski definition) is 3. The fourth-order valence-corrected chi connectivity index (χ4v) is 5.40. The number of nitrogens with one attached hydrogen (secondary N) is 1. The quantitative estimate of drug-likeness (QED) is 0.512. The Morgan fingerprint density at radius 3 is 2.31 bits per heavy atom. The number of amides is 2. The molecule has 0 radical (unpaired) electrons. The Morgan fingerprint density at radius 1 is 1.09 bits per heavy atom. The van der Waals surface area contributed by atoms with Gasteiger partial charge in [-0.3, -0.25) is 9.59 Å². The normalized spacial score (nSPS) is 20.0. The van der Waals surface area contributed by atoms with Crippen LogP contribution in [0.4, 0.5) is 4.79 Å². The smallest absolute Gasteiger partial charge is 0.407 e. The van der Waals surface area contributed by atoms with Crippen LogP contribution in [-0.2, 0) is 14.3 Å². The predicted octanol–water partition coefficient (Wildman–Crippen LogP) is 2.94. The summed E-state index contributed by atoms with van der Waals surface area (Å²) in [5.41, 5.74) is 4.45. The van der Waals surface area contributed by atoms with Gasteiger partial charge >= 0.3 is 12.1 Å². The van der Waals surface area contributed by atoms with Crippen molar-refractivity contribution in [1.29, 1.82) is 0 Å². The Balaban J connectivity index is 1.42. The van der Waals surface area contributed by atoms with Crippen molar-refractivity contribution in [2.75, 3.05) is 31.7 Å². The van der Waals surface area contributed by atoms with Crippen molar-refractivity contribution in [3.8, 4) is 11.1 Å². The number of aliphatic carboxylic acids is 1. The topological polar surface area (TPSA) is 116 Å². The molecule has 1 fully saturated rings. The maximum atomic E-state index is 13.2. The number of β-amino-alcohol motifs (C(OH)–C–C–N with tert-alkyl or cyclic N) is 1. The molecule has 9 heteroatoms. The van der Waals surface area contributed by atoms with Crippen LogP contribution in [0.25, 0.3) is 11.1 Å². The van der Waals surface area contributed by atoms with Gasteiger partial charge in [-0.1, -0.05) is 48.5 Å². The zero-order valence-corrected chi connectivity index (χ0v) is 20.4. The van der Waals surface area contributed by atoms with Crippen LogP contribution in [0.2, 0.25) is 0 Å². The summed E-state index contributed by atoms with van der Waals surface area (Å²) in [6.07, 6.45) is 0.770. The minimum atomic E-state index is -1.05. The number of alkyl carbamates (subject to hydrolysis) is 1. The van der Waals surface area contributed by atoms with E-state index >= 15 is 0 Å². The fraction of sp³-hybridized carbons (Fsp3) is 0.423. The molecule has 0 saturated carbocycles. The van der Waals surface area contributed by atoms with Crippen molar-refractivity contribution in [1.82, 2.24) is 10.2 Å². The van der Waals surface area contributed by atoms with Gasteiger partial charge in [-0.15, -0.1) is 0 Å². The number of thioether (sulfide) groups is 1. The van der Waals surface area contributed by atoms with Crippen molar-refractivity contribution in [2.45, 2.75) is 30.9 Å². The molecule has 4 rings (SSSR count). The molecular weight excluding hydrogens is 468 g/mol. The lowest BCUT2D eigenvalue weighted by atomic mass is 9.95. The van der Waals surface area contributed by atoms with Crippen LogP contribution in [0, 0.1) is 5.92 Å². The standard InChI is InChI=1S/C26H30N2O6S/c1-35-11-10-23(24(30)28-13-16(25(31)32)12-17(29)14-28)27-26(33)34-15-22-20-8-4-2-6-18(20)19-7-3-5-9-21(19)22/h2-9,16-17,22-23,29H,10-15H2,1H3,(H,27,33)(H,31,32)/t16?,17?,23-/m0/s1. The number of carboxylic acid groups (broad SMARTS) is 1.